The zero-order valence-electron chi connectivity index (χ0n) is 9.03. The maximum absolute atomic E-state index is 10.8. The van der Waals surface area contributed by atoms with Gasteiger partial charge < -0.3 is 10.1 Å². The first-order chi connectivity index (χ1) is 8.74. The fourth-order valence-electron chi connectivity index (χ4n) is 1.56. The van der Waals surface area contributed by atoms with Gasteiger partial charge in [0.15, 0.2) is 5.65 Å². The van der Waals surface area contributed by atoms with Gasteiger partial charge in [-0.1, -0.05) is 0 Å². The van der Waals surface area contributed by atoms with Crippen molar-refractivity contribution in [1.82, 2.24) is 24.9 Å². The van der Waals surface area contributed by atoms with Gasteiger partial charge in [-0.3, -0.25) is 4.98 Å². The molecule has 0 radical (unpaired) electrons. The summed E-state index contributed by atoms with van der Waals surface area (Å²) in [6.07, 6.45) is 4.68. The van der Waals surface area contributed by atoms with Crippen LogP contribution in [0.25, 0.3) is 22.6 Å². The molecule has 3 heterocycles. The van der Waals surface area contributed by atoms with E-state index in [0.717, 1.165) is 5.56 Å². The summed E-state index contributed by atoms with van der Waals surface area (Å²) in [7, 11) is 0. The summed E-state index contributed by atoms with van der Waals surface area (Å²) in [6.45, 7) is 0. The number of nitrogens with zero attached hydrogens (tertiary/aromatic N) is 4. The van der Waals surface area contributed by atoms with Gasteiger partial charge >= 0.3 is 5.97 Å². The highest BCUT2D eigenvalue weighted by Crippen LogP contribution is 2.17. The van der Waals surface area contributed by atoms with Crippen LogP contribution in [0.15, 0.2) is 30.7 Å². The average molecular weight is 241 g/mol. The van der Waals surface area contributed by atoms with E-state index in [1.807, 2.05) is 0 Å². The van der Waals surface area contributed by atoms with Crippen molar-refractivity contribution >= 4 is 17.1 Å². The summed E-state index contributed by atoms with van der Waals surface area (Å²) in [4.78, 5) is 29.5. The van der Waals surface area contributed by atoms with Crippen molar-refractivity contribution in [1.29, 1.82) is 0 Å². The average Bonchev–Trinajstić information content (AvgIpc) is 2.82. The number of fused-ring (bicyclic) bond motifs is 1. The lowest BCUT2D eigenvalue weighted by atomic mass is 10.3. The van der Waals surface area contributed by atoms with Crippen LogP contribution in [-0.4, -0.2) is 36.0 Å². The van der Waals surface area contributed by atoms with Gasteiger partial charge in [0.05, 0.1) is 6.20 Å². The van der Waals surface area contributed by atoms with E-state index in [9.17, 15) is 4.79 Å². The van der Waals surface area contributed by atoms with Crippen LogP contribution in [-0.2, 0) is 0 Å². The first-order valence-electron chi connectivity index (χ1n) is 5.10. The molecule has 0 atom stereocenters. The molecule has 3 aromatic rings. The topological polar surface area (TPSA) is 105 Å². The van der Waals surface area contributed by atoms with E-state index in [1.54, 1.807) is 24.5 Å². The number of pyridine rings is 1. The van der Waals surface area contributed by atoms with E-state index >= 15 is 0 Å². The Hall–Kier alpha value is -2.83. The first-order valence-corrected chi connectivity index (χ1v) is 5.10. The van der Waals surface area contributed by atoms with Crippen molar-refractivity contribution < 1.29 is 9.90 Å². The van der Waals surface area contributed by atoms with Crippen LogP contribution in [0.2, 0.25) is 0 Å². The highest BCUT2D eigenvalue weighted by Gasteiger charge is 2.11. The van der Waals surface area contributed by atoms with Crippen LogP contribution in [0.4, 0.5) is 0 Å². The minimum Gasteiger partial charge on any atom is -0.475 e. The Bertz CT molecular complexity index is 723. The molecule has 0 bridgehead atoms. The van der Waals surface area contributed by atoms with E-state index in [4.69, 9.17) is 5.11 Å². The lowest BCUT2D eigenvalue weighted by Crippen LogP contribution is -2.03. The third-order valence-electron chi connectivity index (χ3n) is 2.38. The number of rotatable bonds is 2. The molecule has 88 valence electrons. The number of carbonyl (C=O) groups is 1. The standard InChI is InChI=1S/C11H7N5O2/c17-11(18)10-13-5-7-9(16-10)15-8(14-7)6-1-3-12-4-2-6/h1-5H,(H,17,18)(H,13,14,15,16). The third-order valence-corrected chi connectivity index (χ3v) is 2.38. The molecule has 0 saturated carbocycles. The zero-order chi connectivity index (χ0) is 12.5. The van der Waals surface area contributed by atoms with Crippen LogP contribution in [0.3, 0.4) is 0 Å². The van der Waals surface area contributed by atoms with Gasteiger partial charge in [0.2, 0.25) is 5.82 Å². The molecule has 0 aliphatic rings. The number of hydrogen-bond acceptors (Lipinski definition) is 5. The number of aromatic carboxylic acids is 1. The van der Waals surface area contributed by atoms with Crippen molar-refractivity contribution in [2.24, 2.45) is 0 Å². The van der Waals surface area contributed by atoms with Gasteiger partial charge in [0, 0.05) is 18.0 Å². The van der Waals surface area contributed by atoms with E-state index in [1.165, 1.54) is 6.20 Å². The Morgan fingerprint density at radius 3 is 2.72 bits per heavy atom. The lowest BCUT2D eigenvalue weighted by Gasteiger charge is -1.92. The molecule has 3 rings (SSSR count). The number of aromatic nitrogens is 5. The molecule has 2 N–H and O–H groups in total. The maximum Gasteiger partial charge on any atom is 0.374 e. The third kappa shape index (κ3) is 1.67. The number of carboxylic acids is 1. The van der Waals surface area contributed by atoms with Crippen LogP contribution in [0.1, 0.15) is 10.6 Å². The Kier molecular flexibility index (Phi) is 2.23. The Morgan fingerprint density at radius 2 is 2.00 bits per heavy atom. The minimum atomic E-state index is -1.17. The van der Waals surface area contributed by atoms with Gasteiger partial charge in [-0.05, 0) is 12.1 Å². The normalized spacial score (nSPS) is 10.7. The molecule has 0 aliphatic heterocycles. The predicted octanol–water partition coefficient (Wildman–Crippen LogP) is 1.11. The number of aromatic amines is 1. The number of nitrogens with one attached hydrogen (secondary N) is 1. The van der Waals surface area contributed by atoms with Gasteiger partial charge in [0.1, 0.15) is 11.3 Å². The van der Waals surface area contributed by atoms with Crippen LogP contribution < -0.4 is 0 Å². The van der Waals surface area contributed by atoms with Crippen molar-refractivity contribution in [3.05, 3.63) is 36.5 Å². The van der Waals surface area contributed by atoms with E-state index in [-0.39, 0.29) is 5.82 Å². The van der Waals surface area contributed by atoms with E-state index in [2.05, 4.69) is 24.9 Å². The summed E-state index contributed by atoms with van der Waals surface area (Å²) in [5.74, 6) is -0.825. The summed E-state index contributed by atoms with van der Waals surface area (Å²) in [5, 5.41) is 8.80. The molecule has 7 nitrogen and oxygen atoms in total. The molecule has 0 aromatic carbocycles. The highest BCUT2D eigenvalue weighted by molar-refractivity contribution is 5.86. The second kappa shape index (κ2) is 3.88. The Balaban J connectivity index is 2.14. The highest BCUT2D eigenvalue weighted by atomic mass is 16.4. The molecule has 7 heteroatoms. The Labute approximate surface area is 101 Å². The fraction of sp³-hybridized carbons (Fsp3) is 0. The zero-order valence-corrected chi connectivity index (χ0v) is 9.03. The molecule has 0 fully saturated rings. The van der Waals surface area contributed by atoms with Gasteiger partial charge in [-0.2, -0.15) is 0 Å². The van der Waals surface area contributed by atoms with Crippen molar-refractivity contribution in [2.75, 3.05) is 0 Å². The van der Waals surface area contributed by atoms with Crippen molar-refractivity contribution in [2.45, 2.75) is 0 Å². The molecule has 0 unspecified atom stereocenters. The van der Waals surface area contributed by atoms with Crippen molar-refractivity contribution in [3.8, 4) is 11.4 Å². The molecule has 0 saturated heterocycles. The second-order valence-corrected chi connectivity index (χ2v) is 3.55. The molecular weight excluding hydrogens is 234 g/mol. The molecule has 18 heavy (non-hydrogen) atoms. The lowest BCUT2D eigenvalue weighted by molar-refractivity contribution is 0.0684. The van der Waals surface area contributed by atoms with Gasteiger partial charge in [0.25, 0.3) is 0 Å². The Morgan fingerprint density at radius 1 is 1.22 bits per heavy atom. The van der Waals surface area contributed by atoms with E-state index < -0.39 is 5.97 Å². The largest absolute Gasteiger partial charge is 0.475 e. The predicted molar refractivity (Wildman–Crippen MR) is 61.9 cm³/mol. The minimum absolute atomic E-state index is 0.257. The maximum atomic E-state index is 10.8. The summed E-state index contributed by atoms with van der Waals surface area (Å²) in [5.41, 5.74) is 1.76. The van der Waals surface area contributed by atoms with Crippen LogP contribution in [0.5, 0.6) is 0 Å². The number of H-pyrrole nitrogens is 1. The molecule has 3 aromatic heterocycles. The summed E-state index contributed by atoms with van der Waals surface area (Å²) in [6, 6.07) is 3.59. The number of carboxylic acid groups (broad SMARTS) is 1. The number of hydrogen-bond donors (Lipinski definition) is 2. The molecule has 0 amide bonds. The van der Waals surface area contributed by atoms with Crippen LogP contribution >= 0.6 is 0 Å². The SMILES string of the molecule is O=C(O)c1ncc2nc(-c3ccncc3)[nH]c2n1. The summed E-state index contributed by atoms with van der Waals surface area (Å²) >= 11 is 0. The smallest absolute Gasteiger partial charge is 0.374 e. The number of imidazole rings is 1. The summed E-state index contributed by atoms with van der Waals surface area (Å²) < 4.78 is 0. The molecule has 0 aliphatic carbocycles. The fourth-order valence-corrected chi connectivity index (χ4v) is 1.56. The van der Waals surface area contributed by atoms with Crippen molar-refractivity contribution in [3.63, 3.8) is 0 Å². The molecular formula is C11H7N5O2. The second-order valence-electron chi connectivity index (χ2n) is 3.55. The van der Waals surface area contributed by atoms with Gasteiger partial charge in [-0.25, -0.2) is 19.7 Å². The van der Waals surface area contributed by atoms with Crippen LogP contribution in [0, 0.1) is 0 Å². The van der Waals surface area contributed by atoms with E-state index in [0.29, 0.717) is 17.0 Å². The quantitative estimate of drug-likeness (QED) is 0.696. The van der Waals surface area contributed by atoms with Gasteiger partial charge in [-0.15, -0.1) is 0 Å². The monoisotopic (exact) mass is 241 g/mol. The first kappa shape index (κ1) is 10.3. The molecule has 0 spiro atoms.